The highest BCUT2D eigenvalue weighted by atomic mass is 35.5. The number of para-hydroxylation sites is 1. The maximum absolute atomic E-state index is 6.10. The van der Waals surface area contributed by atoms with E-state index >= 15 is 0 Å². The number of fused-ring (bicyclic) bond motifs is 1. The lowest BCUT2D eigenvalue weighted by atomic mass is 10.2. The van der Waals surface area contributed by atoms with E-state index in [9.17, 15) is 0 Å². The van der Waals surface area contributed by atoms with Gasteiger partial charge in [0.1, 0.15) is 13.2 Å². The zero-order chi connectivity index (χ0) is 13.1. The molecule has 4 heteroatoms. The number of ether oxygens (including phenoxy) is 2. The fourth-order valence-electron chi connectivity index (χ4n) is 2.00. The third kappa shape index (κ3) is 2.76. The van der Waals surface area contributed by atoms with E-state index in [0.717, 1.165) is 27.8 Å². The van der Waals surface area contributed by atoms with Crippen molar-refractivity contribution < 1.29 is 9.47 Å². The van der Waals surface area contributed by atoms with Crippen LogP contribution in [0, 0.1) is 0 Å². The maximum atomic E-state index is 6.10. The van der Waals surface area contributed by atoms with Crippen LogP contribution >= 0.6 is 11.6 Å². The molecule has 1 aliphatic heterocycles. The highest BCUT2D eigenvalue weighted by Crippen LogP contribution is 2.31. The van der Waals surface area contributed by atoms with Crippen LogP contribution in [0.25, 0.3) is 0 Å². The molecule has 2 aromatic carbocycles. The van der Waals surface area contributed by atoms with Crippen LogP contribution < -0.4 is 14.8 Å². The zero-order valence-corrected chi connectivity index (χ0v) is 11.1. The molecule has 0 bridgehead atoms. The van der Waals surface area contributed by atoms with Crippen molar-refractivity contribution in [3.8, 4) is 11.5 Å². The Morgan fingerprint density at radius 1 is 1.00 bits per heavy atom. The van der Waals surface area contributed by atoms with Crippen molar-refractivity contribution in [2.45, 2.75) is 6.54 Å². The average molecular weight is 276 g/mol. The summed E-state index contributed by atoms with van der Waals surface area (Å²) in [4.78, 5) is 0. The molecule has 0 amide bonds. The van der Waals surface area contributed by atoms with E-state index in [4.69, 9.17) is 21.1 Å². The monoisotopic (exact) mass is 275 g/mol. The summed E-state index contributed by atoms with van der Waals surface area (Å²) in [5.74, 6) is 1.62. The first-order chi connectivity index (χ1) is 9.33. The standard InChI is InChI=1S/C15H14ClNO2/c16-12-3-1-2-4-13(12)17-10-11-5-6-14-15(9-11)19-8-7-18-14/h1-6,9,17H,7-8,10H2. The van der Waals surface area contributed by atoms with Gasteiger partial charge in [-0.25, -0.2) is 0 Å². The van der Waals surface area contributed by atoms with Gasteiger partial charge in [-0.3, -0.25) is 0 Å². The van der Waals surface area contributed by atoms with Gasteiger partial charge in [-0.2, -0.15) is 0 Å². The summed E-state index contributed by atoms with van der Waals surface area (Å²) in [6.07, 6.45) is 0. The lowest BCUT2D eigenvalue weighted by molar-refractivity contribution is 0.171. The number of anilines is 1. The Balaban J connectivity index is 1.72. The molecule has 3 nitrogen and oxygen atoms in total. The molecule has 0 saturated carbocycles. The van der Waals surface area contributed by atoms with E-state index in [-0.39, 0.29) is 0 Å². The summed E-state index contributed by atoms with van der Waals surface area (Å²) in [5, 5.41) is 4.03. The minimum atomic E-state index is 0.606. The van der Waals surface area contributed by atoms with Crippen molar-refractivity contribution in [1.29, 1.82) is 0 Å². The highest BCUT2D eigenvalue weighted by Gasteiger charge is 2.11. The lowest BCUT2D eigenvalue weighted by Crippen LogP contribution is -2.15. The molecule has 1 heterocycles. The fraction of sp³-hybridized carbons (Fsp3) is 0.200. The molecule has 0 aromatic heterocycles. The molecule has 0 fully saturated rings. The van der Waals surface area contributed by atoms with Crippen molar-refractivity contribution in [2.75, 3.05) is 18.5 Å². The van der Waals surface area contributed by atoms with Crippen molar-refractivity contribution in [3.63, 3.8) is 0 Å². The fourth-order valence-corrected chi connectivity index (χ4v) is 2.20. The molecular formula is C15H14ClNO2. The summed E-state index contributed by atoms with van der Waals surface area (Å²) in [7, 11) is 0. The molecule has 0 unspecified atom stereocenters. The lowest BCUT2D eigenvalue weighted by Gasteiger charge is -2.19. The van der Waals surface area contributed by atoms with Gasteiger partial charge in [0.15, 0.2) is 11.5 Å². The summed E-state index contributed by atoms with van der Waals surface area (Å²) >= 11 is 6.10. The van der Waals surface area contributed by atoms with Crippen LogP contribution in [0.15, 0.2) is 42.5 Å². The third-order valence-electron chi connectivity index (χ3n) is 2.96. The van der Waals surface area contributed by atoms with Gasteiger partial charge < -0.3 is 14.8 Å². The van der Waals surface area contributed by atoms with Gasteiger partial charge in [-0.1, -0.05) is 29.8 Å². The van der Waals surface area contributed by atoms with E-state index < -0.39 is 0 Å². The number of hydrogen-bond donors (Lipinski definition) is 1. The van der Waals surface area contributed by atoms with E-state index in [0.29, 0.717) is 19.8 Å². The minimum absolute atomic E-state index is 0.606. The Morgan fingerprint density at radius 2 is 1.79 bits per heavy atom. The van der Waals surface area contributed by atoms with Crippen molar-refractivity contribution in [2.24, 2.45) is 0 Å². The van der Waals surface area contributed by atoms with Gasteiger partial charge in [-0.15, -0.1) is 0 Å². The molecular weight excluding hydrogens is 262 g/mol. The average Bonchev–Trinajstić information content (AvgIpc) is 2.46. The third-order valence-corrected chi connectivity index (χ3v) is 3.29. The quantitative estimate of drug-likeness (QED) is 0.926. The number of benzene rings is 2. The van der Waals surface area contributed by atoms with Crippen molar-refractivity contribution >= 4 is 17.3 Å². The zero-order valence-electron chi connectivity index (χ0n) is 10.4. The molecule has 0 saturated heterocycles. The van der Waals surface area contributed by atoms with Gasteiger partial charge in [0.05, 0.1) is 10.7 Å². The highest BCUT2D eigenvalue weighted by molar-refractivity contribution is 6.33. The van der Waals surface area contributed by atoms with Crippen molar-refractivity contribution in [3.05, 3.63) is 53.1 Å². The maximum Gasteiger partial charge on any atom is 0.161 e. The van der Waals surface area contributed by atoms with Gasteiger partial charge in [0.25, 0.3) is 0 Å². The van der Waals surface area contributed by atoms with Crippen LogP contribution in [-0.4, -0.2) is 13.2 Å². The van der Waals surface area contributed by atoms with E-state index in [1.807, 2.05) is 42.5 Å². The molecule has 3 rings (SSSR count). The summed E-state index contributed by atoms with van der Waals surface area (Å²) in [6.45, 7) is 1.92. The summed E-state index contributed by atoms with van der Waals surface area (Å²) in [5.41, 5.74) is 2.06. The van der Waals surface area contributed by atoms with Crippen LogP contribution in [-0.2, 0) is 6.54 Å². The molecule has 0 atom stereocenters. The first-order valence-electron chi connectivity index (χ1n) is 6.20. The topological polar surface area (TPSA) is 30.5 Å². The number of halogens is 1. The molecule has 0 radical (unpaired) electrons. The summed E-state index contributed by atoms with van der Waals surface area (Å²) < 4.78 is 11.1. The van der Waals surface area contributed by atoms with Crippen LogP contribution in [0.4, 0.5) is 5.69 Å². The minimum Gasteiger partial charge on any atom is -0.486 e. The van der Waals surface area contributed by atoms with E-state index in [1.165, 1.54) is 0 Å². The van der Waals surface area contributed by atoms with Gasteiger partial charge in [-0.05, 0) is 29.8 Å². The summed E-state index contributed by atoms with van der Waals surface area (Å²) in [6, 6.07) is 13.7. The van der Waals surface area contributed by atoms with Crippen LogP contribution in [0.5, 0.6) is 11.5 Å². The van der Waals surface area contributed by atoms with Gasteiger partial charge in [0.2, 0.25) is 0 Å². The second kappa shape index (κ2) is 5.41. The Kier molecular flexibility index (Phi) is 3.47. The Labute approximate surface area is 117 Å². The van der Waals surface area contributed by atoms with Crippen molar-refractivity contribution in [1.82, 2.24) is 0 Å². The predicted octanol–water partition coefficient (Wildman–Crippen LogP) is 3.72. The normalized spacial score (nSPS) is 13.1. The first-order valence-corrected chi connectivity index (χ1v) is 6.58. The molecule has 19 heavy (non-hydrogen) atoms. The Morgan fingerprint density at radius 3 is 2.63 bits per heavy atom. The Hall–Kier alpha value is -1.87. The predicted molar refractivity (Wildman–Crippen MR) is 76.2 cm³/mol. The van der Waals surface area contributed by atoms with Crippen LogP contribution in [0.1, 0.15) is 5.56 Å². The second-order valence-corrected chi connectivity index (χ2v) is 4.72. The number of hydrogen-bond acceptors (Lipinski definition) is 3. The SMILES string of the molecule is Clc1ccccc1NCc1ccc2c(c1)OCCO2. The Bertz CT molecular complexity index is 586. The van der Waals surface area contributed by atoms with Crippen LogP contribution in [0.2, 0.25) is 5.02 Å². The van der Waals surface area contributed by atoms with Gasteiger partial charge in [0, 0.05) is 6.54 Å². The molecule has 1 N–H and O–H groups in total. The molecule has 0 spiro atoms. The van der Waals surface area contributed by atoms with E-state index in [2.05, 4.69) is 5.32 Å². The number of nitrogens with one attached hydrogen (secondary N) is 1. The smallest absolute Gasteiger partial charge is 0.161 e. The molecule has 2 aromatic rings. The van der Waals surface area contributed by atoms with E-state index in [1.54, 1.807) is 0 Å². The second-order valence-electron chi connectivity index (χ2n) is 4.31. The molecule has 98 valence electrons. The number of rotatable bonds is 3. The molecule has 1 aliphatic rings. The molecule has 0 aliphatic carbocycles. The van der Waals surface area contributed by atoms with Gasteiger partial charge >= 0.3 is 0 Å². The first kappa shape index (κ1) is 12.2. The largest absolute Gasteiger partial charge is 0.486 e. The van der Waals surface area contributed by atoms with Crippen LogP contribution in [0.3, 0.4) is 0 Å².